The molecule has 0 atom stereocenters. The molecular formula is C15H15N3O4. The number of carboxylic acids is 1. The summed E-state index contributed by atoms with van der Waals surface area (Å²) in [6, 6.07) is 8.54. The molecule has 114 valence electrons. The molecule has 2 aromatic rings. The smallest absolute Gasteiger partial charge is 0.340 e. The van der Waals surface area contributed by atoms with E-state index in [0.717, 1.165) is 0 Å². The number of hydrogen-bond donors (Lipinski definition) is 2. The molecule has 7 heteroatoms. The summed E-state index contributed by atoms with van der Waals surface area (Å²) in [4.78, 5) is 15.5. The lowest BCUT2D eigenvalue weighted by atomic mass is 10.1. The summed E-state index contributed by atoms with van der Waals surface area (Å²) in [7, 11) is 2.83. The molecule has 0 aliphatic carbocycles. The minimum absolute atomic E-state index is 0.0200. The number of pyridine rings is 1. The maximum atomic E-state index is 11.5. The lowest BCUT2D eigenvalue weighted by Gasteiger charge is -2.12. The SMILES string of the molecule is COc1ccc(/C=N\Nc2ccccn2)c(C(=O)O)c1OC. The third-order valence-corrected chi connectivity index (χ3v) is 2.84. The number of aromatic carboxylic acids is 1. The average Bonchev–Trinajstić information content (AvgIpc) is 2.54. The fourth-order valence-corrected chi connectivity index (χ4v) is 1.87. The number of methoxy groups -OCH3 is 2. The van der Waals surface area contributed by atoms with Crippen molar-refractivity contribution in [1.29, 1.82) is 0 Å². The second-order valence-corrected chi connectivity index (χ2v) is 4.16. The summed E-state index contributed by atoms with van der Waals surface area (Å²) in [5.41, 5.74) is 3.08. The average molecular weight is 301 g/mol. The van der Waals surface area contributed by atoms with Gasteiger partial charge in [-0.05, 0) is 24.3 Å². The predicted molar refractivity (Wildman–Crippen MR) is 82.0 cm³/mol. The lowest BCUT2D eigenvalue weighted by molar-refractivity contribution is 0.0692. The summed E-state index contributed by atoms with van der Waals surface area (Å²) >= 11 is 0. The van der Waals surface area contributed by atoms with Crippen LogP contribution in [0.5, 0.6) is 11.5 Å². The van der Waals surface area contributed by atoms with Crippen LogP contribution in [0, 0.1) is 0 Å². The maximum Gasteiger partial charge on any atom is 0.340 e. The molecule has 0 aliphatic rings. The van der Waals surface area contributed by atoms with E-state index in [1.807, 2.05) is 6.07 Å². The molecule has 0 amide bonds. The maximum absolute atomic E-state index is 11.5. The van der Waals surface area contributed by atoms with Crippen molar-refractivity contribution in [3.8, 4) is 11.5 Å². The molecule has 0 spiro atoms. The Bertz CT molecular complexity index is 687. The fourth-order valence-electron chi connectivity index (χ4n) is 1.87. The molecular weight excluding hydrogens is 286 g/mol. The van der Waals surface area contributed by atoms with Crippen molar-refractivity contribution >= 4 is 18.0 Å². The van der Waals surface area contributed by atoms with Crippen LogP contribution >= 0.6 is 0 Å². The summed E-state index contributed by atoms with van der Waals surface area (Å²) < 4.78 is 10.2. The monoisotopic (exact) mass is 301 g/mol. The van der Waals surface area contributed by atoms with Gasteiger partial charge in [0, 0.05) is 11.8 Å². The topological polar surface area (TPSA) is 93.0 Å². The first-order chi connectivity index (χ1) is 10.7. The molecule has 1 heterocycles. The zero-order chi connectivity index (χ0) is 15.9. The number of carbonyl (C=O) groups is 1. The van der Waals surface area contributed by atoms with E-state index in [1.54, 1.807) is 30.5 Å². The molecule has 22 heavy (non-hydrogen) atoms. The van der Waals surface area contributed by atoms with Crippen molar-refractivity contribution in [3.05, 3.63) is 47.7 Å². The number of nitrogens with zero attached hydrogens (tertiary/aromatic N) is 2. The van der Waals surface area contributed by atoms with Crippen LogP contribution in [-0.4, -0.2) is 36.5 Å². The molecule has 2 N–H and O–H groups in total. The molecule has 0 fully saturated rings. The summed E-state index contributed by atoms with van der Waals surface area (Å²) in [5.74, 6) is -0.0855. The minimum atomic E-state index is -1.13. The Morgan fingerprint density at radius 2 is 2.09 bits per heavy atom. The lowest BCUT2D eigenvalue weighted by Crippen LogP contribution is -2.07. The highest BCUT2D eigenvalue weighted by Gasteiger charge is 2.19. The van der Waals surface area contributed by atoms with Gasteiger partial charge in [0.2, 0.25) is 0 Å². The highest BCUT2D eigenvalue weighted by Crippen LogP contribution is 2.32. The number of ether oxygens (including phenoxy) is 2. The first kappa shape index (κ1) is 15.3. The first-order valence-corrected chi connectivity index (χ1v) is 6.35. The van der Waals surface area contributed by atoms with Crippen molar-refractivity contribution in [3.63, 3.8) is 0 Å². The second-order valence-electron chi connectivity index (χ2n) is 4.16. The quantitative estimate of drug-likeness (QED) is 0.628. The van der Waals surface area contributed by atoms with Crippen LogP contribution in [0.2, 0.25) is 0 Å². The van der Waals surface area contributed by atoms with E-state index in [4.69, 9.17) is 9.47 Å². The Labute approximate surface area is 127 Å². The van der Waals surface area contributed by atoms with Gasteiger partial charge in [-0.1, -0.05) is 6.07 Å². The number of benzene rings is 1. The molecule has 0 saturated heterocycles. The zero-order valence-electron chi connectivity index (χ0n) is 12.1. The van der Waals surface area contributed by atoms with Gasteiger partial charge in [0.1, 0.15) is 11.4 Å². The molecule has 2 rings (SSSR count). The van der Waals surface area contributed by atoms with Crippen molar-refractivity contribution in [1.82, 2.24) is 4.98 Å². The molecule has 0 aliphatic heterocycles. The molecule has 1 aromatic carbocycles. The number of aromatic nitrogens is 1. The zero-order valence-corrected chi connectivity index (χ0v) is 12.1. The Hall–Kier alpha value is -3.09. The van der Waals surface area contributed by atoms with Gasteiger partial charge in [-0.15, -0.1) is 0 Å². The van der Waals surface area contributed by atoms with Crippen LogP contribution in [0.25, 0.3) is 0 Å². The molecule has 0 saturated carbocycles. The van der Waals surface area contributed by atoms with E-state index in [0.29, 0.717) is 17.1 Å². The largest absolute Gasteiger partial charge is 0.493 e. The molecule has 0 radical (unpaired) electrons. The Morgan fingerprint density at radius 1 is 1.27 bits per heavy atom. The second kappa shape index (κ2) is 7.07. The van der Waals surface area contributed by atoms with Gasteiger partial charge in [0.05, 0.1) is 20.4 Å². The number of hydrazone groups is 1. The van der Waals surface area contributed by atoms with Gasteiger partial charge in [-0.25, -0.2) is 9.78 Å². The summed E-state index contributed by atoms with van der Waals surface area (Å²) in [6.07, 6.45) is 3.01. The molecule has 0 bridgehead atoms. The van der Waals surface area contributed by atoms with E-state index in [9.17, 15) is 9.90 Å². The van der Waals surface area contributed by atoms with Crippen LogP contribution in [-0.2, 0) is 0 Å². The van der Waals surface area contributed by atoms with Crippen LogP contribution in [0.4, 0.5) is 5.82 Å². The van der Waals surface area contributed by atoms with E-state index < -0.39 is 5.97 Å². The highest BCUT2D eigenvalue weighted by atomic mass is 16.5. The van der Waals surface area contributed by atoms with Crippen molar-refractivity contribution < 1.29 is 19.4 Å². The minimum Gasteiger partial charge on any atom is -0.493 e. The number of anilines is 1. The van der Waals surface area contributed by atoms with Crippen LogP contribution in [0.3, 0.4) is 0 Å². The Kier molecular flexibility index (Phi) is 4.92. The van der Waals surface area contributed by atoms with E-state index in [-0.39, 0.29) is 11.3 Å². The predicted octanol–water partition coefficient (Wildman–Crippen LogP) is 2.24. The van der Waals surface area contributed by atoms with Gasteiger partial charge in [-0.2, -0.15) is 5.10 Å². The standard InChI is InChI=1S/C15H15N3O4/c1-21-11-7-6-10(13(15(19)20)14(11)22-2)9-17-18-12-5-3-4-8-16-12/h3-9H,1-2H3,(H,16,18)(H,19,20)/b17-9-. The Balaban J connectivity index is 2.32. The summed E-state index contributed by atoms with van der Waals surface area (Å²) in [5, 5.41) is 13.4. The van der Waals surface area contributed by atoms with Gasteiger partial charge >= 0.3 is 5.97 Å². The third kappa shape index (κ3) is 3.32. The first-order valence-electron chi connectivity index (χ1n) is 6.35. The van der Waals surface area contributed by atoms with Crippen LogP contribution < -0.4 is 14.9 Å². The number of nitrogens with one attached hydrogen (secondary N) is 1. The van der Waals surface area contributed by atoms with Gasteiger partial charge in [-0.3, -0.25) is 5.43 Å². The third-order valence-electron chi connectivity index (χ3n) is 2.84. The van der Waals surface area contributed by atoms with Gasteiger partial charge in [0.15, 0.2) is 11.5 Å². The van der Waals surface area contributed by atoms with Crippen molar-refractivity contribution in [2.24, 2.45) is 5.10 Å². The van der Waals surface area contributed by atoms with E-state index >= 15 is 0 Å². The number of rotatable bonds is 6. The Morgan fingerprint density at radius 3 is 2.68 bits per heavy atom. The fraction of sp³-hybridized carbons (Fsp3) is 0.133. The molecule has 0 unspecified atom stereocenters. The normalized spacial score (nSPS) is 10.5. The van der Waals surface area contributed by atoms with Crippen LogP contribution in [0.15, 0.2) is 41.6 Å². The van der Waals surface area contributed by atoms with E-state index in [2.05, 4.69) is 15.5 Å². The molecule has 1 aromatic heterocycles. The summed E-state index contributed by atoms with van der Waals surface area (Å²) in [6.45, 7) is 0. The van der Waals surface area contributed by atoms with Crippen molar-refractivity contribution in [2.75, 3.05) is 19.6 Å². The van der Waals surface area contributed by atoms with Crippen LogP contribution in [0.1, 0.15) is 15.9 Å². The number of hydrogen-bond acceptors (Lipinski definition) is 6. The van der Waals surface area contributed by atoms with Gasteiger partial charge in [0.25, 0.3) is 0 Å². The van der Waals surface area contributed by atoms with E-state index in [1.165, 1.54) is 20.4 Å². The van der Waals surface area contributed by atoms with Gasteiger partial charge < -0.3 is 14.6 Å². The number of carboxylic acid groups (broad SMARTS) is 1. The highest BCUT2D eigenvalue weighted by molar-refractivity contribution is 6.01. The molecule has 7 nitrogen and oxygen atoms in total. The van der Waals surface area contributed by atoms with Crippen molar-refractivity contribution in [2.45, 2.75) is 0 Å².